The second kappa shape index (κ2) is 6.78. The number of aryl methyl sites for hydroxylation is 1. The summed E-state index contributed by atoms with van der Waals surface area (Å²) in [5.74, 6) is -0.989. The second-order valence-corrected chi connectivity index (χ2v) is 6.25. The molecule has 1 nitrogen and oxygen atoms in total. The molecule has 1 N–H and O–H groups in total. The van der Waals surface area contributed by atoms with Crippen LogP contribution in [-0.4, -0.2) is 6.54 Å². The predicted molar refractivity (Wildman–Crippen MR) is 83.3 cm³/mol. The molecule has 1 aromatic carbocycles. The van der Waals surface area contributed by atoms with E-state index in [0.29, 0.717) is 12.1 Å². The van der Waals surface area contributed by atoms with Gasteiger partial charge >= 0.3 is 0 Å². The van der Waals surface area contributed by atoms with Crippen molar-refractivity contribution in [2.75, 3.05) is 6.54 Å². The van der Waals surface area contributed by atoms with Gasteiger partial charge in [-0.25, -0.2) is 8.78 Å². The highest BCUT2D eigenvalue weighted by molar-refractivity contribution is 9.10. The van der Waals surface area contributed by atoms with Crippen LogP contribution < -0.4 is 5.32 Å². The number of hydrogen-bond acceptors (Lipinski definition) is 2. The van der Waals surface area contributed by atoms with Gasteiger partial charge in [0, 0.05) is 15.4 Å². The first-order valence-electron chi connectivity index (χ1n) is 6.45. The highest BCUT2D eigenvalue weighted by Crippen LogP contribution is 2.34. The fourth-order valence-corrected chi connectivity index (χ4v) is 3.65. The van der Waals surface area contributed by atoms with Crippen LogP contribution in [-0.2, 0) is 0 Å². The molecule has 0 amide bonds. The molecule has 2 rings (SSSR count). The third-order valence-corrected chi connectivity index (χ3v) is 4.91. The average Bonchev–Trinajstić information content (AvgIpc) is 2.84. The van der Waals surface area contributed by atoms with Gasteiger partial charge < -0.3 is 5.32 Å². The molecule has 0 spiro atoms. The van der Waals surface area contributed by atoms with Gasteiger partial charge in [0.1, 0.15) is 11.6 Å². The van der Waals surface area contributed by atoms with Crippen LogP contribution in [0.1, 0.15) is 36.1 Å². The summed E-state index contributed by atoms with van der Waals surface area (Å²) < 4.78 is 29.4. The normalized spacial score (nSPS) is 12.7. The van der Waals surface area contributed by atoms with E-state index in [-0.39, 0.29) is 5.56 Å². The number of halogens is 3. The van der Waals surface area contributed by atoms with Crippen molar-refractivity contribution in [1.82, 2.24) is 5.32 Å². The van der Waals surface area contributed by atoms with Gasteiger partial charge in [0.25, 0.3) is 0 Å². The number of nitrogens with one attached hydrogen (secondary N) is 1. The largest absolute Gasteiger partial charge is 0.306 e. The van der Waals surface area contributed by atoms with E-state index in [2.05, 4.69) is 21.2 Å². The molecule has 0 aliphatic rings. The summed E-state index contributed by atoms with van der Waals surface area (Å²) in [7, 11) is 0. The summed E-state index contributed by atoms with van der Waals surface area (Å²) in [6.07, 6.45) is 0.896. The van der Waals surface area contributed by atoms with Gasteiger partial charge in [0.2, 0.25) is 0 Å². The van der Waals surface area contributed by atoms with Crippen molar-refractivity contribution in [2.45, 2.75) is 26.3 Å². The maximum absolute atomic E-state index is 14.4. The van der Waals surface area contributed by atoms with Crippen molar-refractivity contribution in [3.8, 4) is 0 Å². The zero-order valence-corrected chi connectivity index (χ0v) is 13.7. The molecule has 0 saturated heterocycles. The van der Waals surface area contributed by atoms with E-state index >= 15 is 0 Å². The van der Waals surface area contributed by atoms with Crippen LogP contribution in [0, 0.1) is 18.6 Å². The van der Waals surface area contributed by atoms with E-state index in [1.165, 1.54) is 23.5 Å². The maximum Gasteiger partial charge on any atom is 0.134 e. The van der Waals surface area contributed by atoms with Crippen LogP contribution >= 0.6 is 27.3 Å². The highest BCUT2D eigenvalue weighted by Gasteiger charge is 2.24. The summed E-state index contributed by atoms with van der Waals surface area (Å²) in [6.45, 7) is 4.37. The van der Waals surface area contributed by atoms with E-state index < -0.39 is 17.7 Å². The van der Waals surface area contributed by atoms with E-state index in [1.807, 2.05) is 17.7 Å². The molecule has 1 atom stereocenters. The topological polar surface area (TPSA) is 12.0 Å². The Labute approximate surface area is 130 Å². The summed E-state index contributed by atoms with van der Waals surface area (Å²) in [4.78, 5) is 0. The van der Waals surface area contributed by atoms with Crippen LogP contribution in [0.4, 0.5) is 8.78 Å². The van der Waals surface area contributed by atoms with E-state index in [9.17, 15) is 8.78 Å². The Hall–Kier alpha value is -0.780. The van der Waals surface area contributed by atoms with Gasteiger partial charge in [-0.3, -0.25) is 0 Å². The SMILES string of the molecule is CCCNC(c1cscc1Br)c1c(F)ccc(C)c1F. The molecular formula is C15H16BrF2NS. The number of thiophene rings is 1. The van der Waals surface area contributed by atoms with E-state index in [1.54, 1.807) is 6.92 Å². The Morgan fingerprint density at radius 1 is 1.30 bits per heavy atom. The Morgan fingerprint density at radius 3 is 2.65 bits per heavy atom. The minimum absolute atomic E-state index is 0.0950. The molecule has 0 aliphatic carbocycles. The molecule has 0 radical (unpaired) electrons. The van der Waals surface area contributed by atoms with Gasteiger partial charge in [-0.2, -0.15) is 11.3 Å². The van der Waals surface area contributed by atoms with Crippen molar-refractivity contribution < 1.29 is 8.78 Å². The highest BCUT2D eigenvalue weighted by atomic mass is 79.9. The Balaban J connectivity index is 2.52. The monoisotopic (exact) mass is 359 g/mol. The Bertz CT molecular complexity index is 598. The minimum Gasteiger partial charge on any atom is -0.306 e. The first kappa shape index (κ1) is 15.6. The van der Waals surface area contributed by atoms with Crippen molar-refractivity contribution in [3.05, 3.63) is 55.7 Å². The molecule has 0 bridgehead atoms. The lowest BCUT2D eigenvalue weighted by Gasteiger charge is -2.21. The summed E-state index contributed by atoms with van der Waals surface area (Å²) >= 11 is 4.96. The average molecular weight is 360 g/mol. The maximum atomic E-state index is 14.4. The van der Waals surface area contributed by atoms with Crippen molar-refractivity contribution >= 4 is 27.3 Å². The molecule has 108 valence electrons. The fraction of sp³-hybridized carbons (Fsp3) is 0.333. The van der Waals surface area contributed by atoms with Crippen LogP contribution in [0.15, 0.2) is 27.4 Å². The number of benzene rings is 1. The summed E-state index contributed by atoms with van der Waals surface area (Å²) in [6, 6.07) is 2.32. The molecule has 2 aromatic rings. The second-order valence-electron chi connectivity index (χ2n) is 4.65. The molecule has 5 heteroatoms. The fourth-order valence-electron chi connectivity index (χ4n) is 2.10. The van der Waals surface area contributed by atoms with Gasteiger partial charge in [0.15, 0.2) is 0 Å². The first-order valence-corrected chi connectivity index (χ1v) is 8.19. The van der Waals surface area contributed by atoms with Gasteiger partial charge in [-0.05, 0) is 58.4 Å². The summed E-state index contributed by atoms with van der Waals surface area (Å²) in [5, 5.41) is 7.07. The molecule has 1 aromatic heterocycles. The van der Waals surface area contributed by atoms with E-state index in [0.717, 1.165) is 16.5 Å². The van der Waals surface area contributed by atoms with E-state index in [4.69, 9.17) is 0 Å². The smallest absolute Gasteiger partial charge is 0.134 e. The van der Waals surface area contributed by atoms with Gasteiger partial charge in [-0.1, -0.05) is 13.0 Å². The predicted octanol–water partition coefficient (Wildman–Crippen LogP) is 5.19. The van der Waals surface area contributed by atoms with Crippen molar-refractivity contribution in [2.24, 2.45) is 0 Å². The van der Waals surface area contributed by atoms with Crippen LogP contribution in [0.3, 0.4) is 0 Å². The molecule has 0 fully saturated rings. The standard InChI is InChI=1S/C15H16BrF2NS/c1-3-6-19-15(10-7-20-8-11(10)16)13-12(17)5-4-9(2)14(13)18/h4-5,7-8,15,19H,3,6H2,1-2H3. The molecular weight excluding hydrogens is 344 g/mol. The zero-order chi connectivity index (χ0) is 14.7. The molecule has 1 unspecified atom stereocenters. The first-order chi connectivity index (χ1) is 9.56. The molecule has 0 aliphatic heterocycles. The Morgan fingerprint density at radius 2 is 2.05 bits per heavy atom. The van der Waals surface area contributed by atoms with Crippen molar-refractivity contribution in [3.63, 3.8) is 0 Å². The quantitative estimate of drug-likeness (QED) is 0.774. The Kier molecular flexibility index (Phi) is 5.29. The molecule has 20 heavy (non-hydrogen) atoms. The van der Waals surface area contributed by atoms with Gasteiger partial charge in [-0.15, -0.1) is 0 Å². The zero-order valence-electron chi connectivity index (χ0n) is 11.3. The van der Waals surface area contributed by atoms with Crippen molar-refractivity contribution in [1.29, 1.82) is 0 Å². The lowest BCUT2D eigenvalue weighted by molar-refractivity contribution is 0.499. The minimum atomic E-state index is -0.514. The number of hydrogen-bond donors (Lipinski definition) is 1. The number of rotatable bonds is 5. The summed E-state index contributed by atoms with van der Waals surface area (Å²) in [5.41, 5.74) is 1.42. The van der Waals surface area contributed by atoms with Crippen LogP contribution in [0.25, 0.3) is 0 Å². The van der Waals surface area contributed by atoms with Crippen LogP contribution in [0.5, 0.6) is 0 Å². The third-order valence-electron chi connectivity index (χ3n) is 3.16. The lowest BCUT2D eigenvalue weighted by Crippen LogP contribution is -2.25. The molecule has 0 saturated carbocycles. The molecule has 1 heterocycles. The lowest BCUT2D eigenvalue weighted by atomic mass is 9.98. The third kappa shape index (κ3) is 3.10. The van der Waals surface area contributed by atoms with Gasteiger partial charge in [0.05, 0.1) is 6.04 Å². The van der Waals surface area contributed by atoms with Crippen LogP contribution in [0.2, 0.25) is 0 Å².